The molecule has 2 aliphatic heterocycles. The van der Waals surface area contributed by atoms with Crippen molar-refractivity contribution in [3.05, 3.63) is 70.4 Å². The molecule has 0 N–H and O–H groups in total. The van der Waals surface area contributed by atoms with E-state index in [0.29, 0.717) is 28.8 Å². The van der Waals surface area contributed by atoms with Crippen molar-refractivity contribution in [1.29, 1.82) is 0 Å². The maximum absolute atomic E-state index is 13.5. The molecule has 2 heterocycles. The van der Waals surface area contributed by atoms with E-state index < -0.39 is 0 Å². The summed E-state index contributed by atoms with van der Waals surface area (Å²) in [6.45, 7) is 6.43. The zero-order valence-corrected chi connectivity index (χ0v) is 18.7. The van der Waals surface area contributed by atoms with Crippen LogP contribution in [-0.4, -0.2) is 41.3 Å². The average molecular weight is 439 g/mol. The molecule has 0 aliphatic carbocycles. The van der Waals surface area contributed by atoms with E-state index in [2.05, 4.69) is 11.8 Å². The Hall–Kier alpha value is -2.79. The molecule has 4 rings (SSSR count). The Labute approximate surface area is 188 Å². The summed E-state index contributed by atoms with van der Waals surface area (Å²) in [5, 5.41) is 0.547. The zero-order valence-electron chi connectivity index (χ0n) is 17.9. The molecule has 2 aromatic carbocycles. The number of hydrogen-bond donors (Lipinski definition) is 0. The highest BCUT2D eigenvalue weighted by atomic mass is 35.5. The Bertz CT molecular complexity index is 1010. The summed E-state index contributed by atoms with van der Waals surface area (Å²) in [6, 6.07) is 14.7. The molecule has 0 radical (unpaired) electrons. The van der Waals surface area contributed by atoms with Crippen LogP contribution in [0.25, 0.3) is 5.57 Å². The van der Waals surface area contributed by atoms with Crippen molar-refractivity contribution in [1.82, 2.24) is 9.80 Å². The first kappa shape index (κ1) is 21.4. The lowest BCUT2D eigenvalue weighted by Crippen LogP contribution is -2.38. The van der Waals surface area contributed by atoms with E-state index in [1.807, 2.05) is 49.4 Å². The molecule has 5 nitrogen and oxygen atoms in total. The average Bonchev–Trinajstić information content (AvgIpc) is 3.01. The predicted molar refractivity (Wildman–Crippen MR) is 122 cm³/mol. The van der Waals surface area contributed by atoms with Crippen LogP contribution < -0.4 is 4.74 Å². The van der Waals surface area contributed by atoms with E-state index in [9.17, 15) is 9.59 Å². The molecule has 2 amide bonds. The van der Waals surface area contributed by atoms with E-state index in [0.717, 1.165) is 42.8 Å². The van der Waals surface area contributed by atoms with Crippen molar-refractivity contribution >= 4 is 29.0 Å². The molecule has 0 bridgehead atoms. The lowest BCUT2D eigenvalue weighted by molar-refractivity contribution is -0.138. The second-order valence-electron chi connectivity index (χ2n) is 8.14. The van der Waals surface area contributed by atoms with Crippen molar-refractivity contribution in [3.63, 3.8) is 0 Å². The van der Waals surface area contributed by atoms with E-state index >= 15 is 0 Å². The highest BCUT2D eigenvalue weighted by molar-refractivity contribution is 6.35. The van der Waals surface area contributed by atoms with E-state index in [1.165, 1.54) is 4.90 Å². The predicted octanol–water partition coefficient (Wildman–Crippen LogP) is 4.75. The van der Waals surface area contributed by atoms with Gasteiger partial charge in [0.05, 0.1) is 18.7 Å². The van der Waals surface area contributed by atoms with Gasteiger partial charge in [-0.05, 0) is 55.0 Å². The Morgan fingerprint density at radius 1 is 1.00 bits per heavy atom. The fourth-order valence-electron chi connectivity index (χ4n) is 4.17. The second-order valence-corrected chi connectivity index (χ2v) is 8.55. The number of carbonyl (C=O) groups is 2. The molecule has 0 saturated carbocycles. The number of ether oxygens (including phenoxy) is 1. The molecule has 31 heavy (non-hydrogen) atoms. The van der Waals surface area contributed by atoms with Gasteiger partial charge in [0.25, 0.3) is 11.8 Å². The summed E-state index contributed by atoms with van der Waals surface area (Å²) in [5.41, 5.74) is 2.46. The standard InChI is InChI=1S/C25H27ClN2O3/c1-3-31-20-10-8-18(9-11-20)22-23(27-14-12-17(2)13-15-27)25(30)28(24(22)29)16-19-6-4-5-7-21(19)26/h4-11,17H,3,12-16H2,1-2H3. The Morgan fingerprint density at radius 3 is 2.32 bits per heavy atom. The van der Waals surface area contributed by atoms with Crippen LogP contribution in [0.15, 0.2) is 54.2 Å². The van der Waals surface area contributed by atoms with Gasteiger partial charge in [-0.2, -0.15) is 0 Å². The third-order valence-corrected chi connectivity index (χ3v) is 6.35. The van der Waals surface area contributed by atoms with Gasteiger partial charge in [0, 0.05) is 18.1 Å². The van der Waals surface area contributed by atoms with E-state index in [-0.39, 0.29) is 18.4 Å². The second kappa shape index (κ2) is 9.15. The lowest BCUT2D eigenvalue weighted by Gasteiger charge is -2.32. The molecule has 1 fully saturated rings. The van der Waals surface area contributed by atoms with Crippen LogP contribution in [0.2, 0.25) is 5.02 Å². The lowest BCUT2D eigenvalue weighted by atomic mass is 9.97. The fourth-order valence-corrected chi connectivity index (χ4v) is 4.37. The van der Waals surface area contributed by atoms with Crippen LogP contribution in [0, 0.1) is 5.92 Å². The number of nitrogens with zero attached hydrogens (tertiary/aromatic N) is 2. The van der Waals surface area contributed by atoms with Gasteiger partial charge in [-0.15, -0.1) is 0 Å². The van der Waals surface area contributed by atoms with E-state index in [1.54, 1.807) is 6.07 Å². The van der Waals surface area contributed by atoms with Gasteiger partial charge in [-0.3, -0.25) is 14.5 Å². The number of likely N-dealkylation sites (tertiary alicyclic amines) is 1. The van der Waals surface area contributed by atoms with Crippen molar-refractivity contribution in [2.45, 2.75) is 33.2 Å². The summed E-state index contributed by atoms with van der Waals surface area (Å²) >= 11 is 6.31. The fraction of sp³-hybridized carbons (Fsp3) is 0.360. The van der Waals surface area contributed by atoms with Gasteiger partial charge in [0.2, 0.25) is 0 Å². The van der Waals surface area contributed by atoms with E-state index in [4.69, 9.17) is 16.3 Å². The van der Waals surface area contributed by atoms with Crippen molar-refractivity contribution < 1.29 is 14.3 Å². The minimum atomic E-state index is -0.275. The normalized spacial score (nSPS) is 17.6. The topological polar surface area (TPSA) is 49.9 Å². The molecule has 0 aromatic heterocycles. The summed E-state index contributed by atoms with van der Waals surface area (Å²) in [4.78, 5) is 30.4. The minimum absolute atomic E-state index is 0.158. The van der Waals surface area contributed by atoms with Crippen LogP contribution >= 0.6 is 11.6 Å². The number of hydrogen-bond acceptors (Lipinski definition) is 4. The number of piperidine rings is 1. The summed E-state index contributed by atoms with van der Waals surface area (Å²) in [7, 11) is 0. The van der Waals surface area contributed by atoms with Gasteiger partial charge in [-0.1, -0.05) is 48.9 Å². The summed E-state index contributed by atoms with van der Waals surface area (Å²) in [5.74, 6) is 0.841. The first-order valence-corrected chi connectivity index (χ1v) is 11.2. The van der Waals surface area contributed by atoms with Gasteiger partial charge < -0.3 is 9.64 Å². The Balaban J connectivity index is 1.71. The molecule has 0 spiro atoms. The molecule has 1 saturated heterocycles. The Kier molecular flexibility index (Phi) is 6.33. The van der Waals surface area contributed by atoms with Gasteiger partial charge in [0.15, 0.2) is 0 Å². The van der Waals surface area contributed by atoms with Crippen molar-refractivity contribution in [3.8, 4) is 5.75 Å². The van der Waals surface area contributed by atoms with Gasteiger partial charge >= 0.3 is 0 Å². The number of amides is 2. The molecule has 2 aromatic rings. The molecule has 162 valence electrons. The quantitative estimate of drug-likeness (QED) is 0.610. The summed E-state index contributed by atoms with van der Waals surface area (Å²) in [6.07, 6.45) is 2.01. The van der Waals surface area contributed by atoms with Crippen molar-refractivity contribution in [2.75, 3.05) is 19.7 Å². The van der Waals surface area contributed by atoms with Crippen LogP contribution in [-0.2, 0) is 16.1 Å². The highest BCUT2D eigenvalue weighted by Crippen LogP contribution is 2.35. The number of carbonyl (C=O) groups excluding carboxylic acids is 2. The first-order chi connectivity index (χ1) is 15.0. The van der Waals surface area contributed by atoms with Crippen LogP contribution in [0.1, 0.15) is 37.8 Å². The molecule has 2 aliphatic rings. The highest BCUT2D eigenvalue weighted by Gasteiger charge is 2.42. The largest absolute Gasteiger partial charge is 0.494 e. The monoisotopic (exact) mass is 438 g/mol. The number of halogens is 1. The molecule has 0 atom stereocenters. The number of benzene rings is 2. The minimum Gasteiger partial charge on any atom is -0.494 e. The molecule has 6 heteroatoms. The van der Waals surface area contributed by atoms with Crippen LogP contribution in [0.3, 0.4) is 0 Å². The van der Waals surface area contributed by atoms with Crippen LogP contribution in [0.5, 0.6) is 5.75 Å². The van der Waals surface area contributed by atoms with Crippen molar-refractivity contribution in [2.24, 2.45) is 5.92 Å². The van der Waals surface area contributed by atoms with Gasteiger partial charge in [-0.25, -0.2) is 0 Å². The Morgan fingerprint density at radius 2 is 1.68 bits per heavy atom. The zero-order chi connectivity index (χ0) is 22.0. The summed E-state index contributed by atoms with van der Waals surface area (Å²) < 4.78 is 5.54. The maximum atomic E-state index is 13.5. The maximum Gasteiger partial charge on any atom is 0.278 e. The third kappa shape index (κ3) is 4.33. The third-order valence-electron chi connectivity index (χ3n) is 5.98. The first-order valence-electron chi connectivity index (χ1n) is 10.8. The smallest absolute Gasteiger partial charge is 0.278 e. The molecular formula is C25H27ClN2O3. The molecule has 0 unspecified atom stereocenters. The SMILES string of the molecule is CCOc1ccc(C2=C(N3CCC(C)CC3)C(=O)N(Cc3ccccc3Cl)C2=O)cc1. The van der Waals surface area contributed by atoms with Gasteiger partial charge in [0.1, 0.15) is 11.4 Å². The van der Waals surface area contributed by atoms with Crippen LogP contribution in [0.4, 0.5) is 0 Å². The molecular weight excluding hydrogens is 412 g/mol. The number of rotatable bonds is 6. The number of imide groups is 1.